The lowest BCUT2D eigenvalue weighted by Gasteiger charge is -2.35. The van der Waals surface area contributed by atoms with Gasteiger partial charge in [-0.2, -0.15) is 11.8 Å². The van der Waals surface area contributed by atoms with Gasteiger partial charge in [0.1, 0.15) is 11.5 Å². The van der Waals surface area contributed by atoms with Gasteiger partial charge in [0.25, 0.3) is 0 Å². The fourth-order valence-electron chi connectivity index (χ4n) is 3.66. The topological polar surface area (TPSA) is 53.2 Å². The zero-order valence-electron chi connectivity index (χ0n) is 16.9. The van der Waals surface area contributed by atoms with Crippen molar-refractivity contribution >= 4 is 17.7 Å². The van der Waals surface area contributed by atoms with E-state index in [9.17, 15) is 0 Å². The summed E-state index contributed by atoms with van der Waals surface area (Å²) in [6, 6.07) is 4.31. The molecule has 2 aliphatic rings. The van der Waals surface area contributed by atoms with Gasteiger partial charge in [-0.15, -0.1) is 0 Å². The van der Waals surface area contributed by atoms with Gasteiger partial charge in [0.2, 0.25) is 0 Å². The Morgan fingerprint density at radius 3 is 2.78 bits per heavy atom. The summed E-state index contributed by atoms with van der Waals surface area (Å²) in [6.07, 6.45) is 1.21. The van der Waals surface area contributed by atoms with Gasteiger partial charge in [-0.25, -0.2) is 0 Å². The van der Waals surface area contributed by atoms with E-state index in [1.165, 1.54) is 12.2 Å². The maximum absolute atomic E-state index is 5.98. The van der Waals surface area contributed by atoms with Crippen molar-refractivity contribution in [3.05, 3.63) is 23.7 Å². The fraction of sp³-hybridized carbons (Fsp3) is 0.750. The molecular formula is C20H34N4O2S. The molecule has 3 rings (SSSR count). The Bertz CT molecular complexity index is 601. The van der Waals surface area contributed by atoms with Gasteiger partial charge in [-0.3, -0.25) is 9.89 Å². The molecule has 1 aromatic heterocycles. The van der Waals surface area contributed by atoms with Gasteiger partial charge in [-0.1, -0.05) is 6.92 Å². The van der Waals surface area contributed by atoms with E-state index < -0.39 is 0 Å². The Kier molecular flexibility index (Phi) is 7.91. The number of aryl methyl sites for hydroxylation is 1. The Morgan fingerprint density at radius 2 is 2.11 bits per heavy atom. The number of nitrogens with zero attached hydrogens (tertiary/aromatic N) is 3. The highest BCUT2D eigenvalue weighted by atomic mass is 32.2. The quantitative estimate of drug-likeness (QED) is 0.591. The monoisotopic (exact) mass is 394 g/mol. The van der Waals surface area contributed by atoms with Crippen LogP contribution in [0.1, 0.15) is 37.8 Å². The average Bonchev–Trinajstić information content (AvgIpc) is 3.14. The Balaban J connectivity index is 1.75. The summed E-state index contributed by atoms with van der Waals surface area (Å²) >= 11 is 2.09. The number of morpholine rings is 1. The molecule has 2 saturated heterocycles. The second-order valence-electron chi connectivity index (χ2n) is 7.15. The first-order chi connectivity index (χ1) is 13.2. The van der Waals surface area contributed by atoms with Crippen molar-refractivity contribution in [2.75, 3.05) is 58.2 Å². The molecule has 152 valence electrons. The Hall–Kier alpha value is -1.18. The lowest BCUT2D eigenvalue weighted by molar-refractivity contribution is 0.0135. The number of nitrogens with one attached hydrogen (secondary N) is 1. The van der Waals surface area contributed by atoms with E-state index in [1.807, 2.05) is 13.0 Å². The molecule has 7 heteroatoms. The van der Waals surface area contributed by atoms with Crippen molar-refractivity contribution in [3.63, 3.8) is 0 Å². The minimum atomic E-state index is 0.164. The first-order valence-corrected chi connectivity index (χ1v) is 11.3. The van der Waals surface area contributed by atoms with E-state index in [-0.39, 0.29) is 6.04 Å². The lowest BCUT2D eigenvalue weighted by atomic mass is 10.1. The van der Waals surface area contributed by atoms with Crippen LogP contribution in [-0.2, 0) is 4.74 Å². The van der Waals surface area contributed by atoms with Gasteiger partial charge in [0, 0.05) is 43.7 Å². The average molecular weight is 395 g/mol. The Morgan fingerprint density at radius 1 is 1.30 bits per heavy atom. The molecule has 1 N–H and O–H groups in total. The second kappa shape index (κ2) is 10.4. The summed E-state index contributed by atoms with van der Waals surface area (Å²) in [6.45, 7) is 13.6. The van der Waals surface area contributed by atoms with E-state index in [0.29, 0.717) is 11.8 Å². The van der Waals surface area contributed by atoms with Crippen molar-refractivity contribution in [1.82, 2.24) is 15.1 Å². The van der Waals surface area contributed by atoms with Gasteiger partial charge in [0.15, 0.2) is 5.96 Å². The Labute approximate surface area is 167 Å². The van der Waals surface area contributed by atoms with Gasteiger partial charge in [0.05, 0.1) is 25.8 Å². The highest BCUT2D eigenvalue weighted by molar-refractivity contribution is 8.00. The highest BCUT2D eigenvalue weighted by Crippen LogP contribution is 2.25. The molecule has 2 fully saturated rings. The first-order valence-electron chi connectivity index (χ1n) is 10.2. The number of hydrogen-bond acceptors (Lipinski definition) is 5. The number of rotatable bonds is 6. The number of aliphatic imine (C=N–C) groups is 1. The smallest absolute Gasteiger partial charge is 0.194 e. The molecule has 1 aromatic rings. The number of guanidine groups is 1. The summed E-state index contributed by atoms with van der Waals surface area (Å²) in [5.74, 6) is 4.18. The van der Waals surface area contributed by atoms with Gasteiger partial charge < -0.3 is 19.4 Å². The number of furan rings is 1. The van der Waals surface area contributed by atoms with Crippen molar-refractivity contribution in [2.45, 2.75) is 38.5 Å². The van der Waals surface area contributed by atoms with Crippen LogP contribution in [0.5, 0.6) is 0 Å². The molecular weight excluding hydrogens is 360 g/mol. The maximum atomic E-state index is 5.98. The van der Waals surface area contributed by atoms with E-state index in [1.54, 1.807) is 0 Å². The third-order valence-corrected chi connectivity index (χ3v) is 6.59. The maximum Gasteiger partial charge on any atom is 0.194 e. The van der Waals surface area contributed by atoms with Crippen LogP contribution in [0.4, 0.5) is 0 Å². The predicted octanol–water partition coefficient (Wildman–Crippen LogP) is 2.75. The van der Waals surface area contributed by atoms with Crippen molar-refractivity contribution in [2.24, 2.45) is 4.99 Å². The molecule has 2 aliphatic heterocycles. The molecule has 0 saturated carbocycles. The summed E-state index contributed by atoms with van der Waals surface area (Å²) in [7, 11) is 0. The lowest BCUT2D eigenvalue weighted by Crippen LogP contribution is -2.48. The molecule has 6 nitrogen and oxygen atoms in total. The summed E-state index contributed by atoms with van der Waals surface area (Å²) in [5, 5.41) is 4.20. The molecule has 0 radical (unpaired) electrons. The first kappa shape index (κ1) is 20.6. The van der Waals surface area contributed by atoms with E-state index in [4.69, 9.17) is 14.1 Å². The number of ether oxygens (including phenoxy) is 1. The standard InChI is InChI=1S/C20H34N4O2S/c1-4-17-15-24(10-13-27-17)20(21-5-2)22-14-18(19-7-6-16(3)26-19)23-8-11-25-12-9-23/h6-7,17-18H,4-5,8-15H2,1-3H3,(H,21,22). The van der Waals surface area contributed by atoms with Crippen LogP contribution in [0.3, 0.4) is 0 Å². The third kappa shape index (κ3) is 5.65. The van der Waals surface area contributed by atoms with Crippen LogP contribution in [0.15, 0.2) is 21.5 Å². The molecule has 0 amide bonds. The van der Waals surface area contributed by atoms with E-state index in [2.05, 4.69) is 46.8 Å². The molecule has 3 heterocycles. The fourth-order valence-corrected chi connectivity index (χ4v) is 4.84. The normalized spacial score (nSPS) is 23.4. The van der Waals surface area contributed by atoms with Crippen LogP contribution in [0, 0.1) is 6.92 Å². The molecule has 0 spiro atoms. The van der Waals surface area contributed by atoms with E-state index >= 15 is 0 Å². The molecule has 0 aliphatic carbocycles. The SMILES string of the molecule is CCNC(=NCC(c1ccc(C)o1)N1CCOCC1)N1CCSC(CC)C1. The summed E-state index contributed by atoms with van der Waals surface area (Å²) in [5.41, 5.74) is 0. The van der Waals surface area contributed by atoms with Crippen LogP contribution in [-0.4, -0.2) is 79.2 Å². The zero-order chi connectivity index (χ0) is 19.1. The van der Waals surface area contributed by atoms with Gasteiger partial charge in [-0.05, 0) is 32.4 Å². The van der Waals surface area contributed by atoms with E-state index in [0.717, 1.165) is 63.4 Å². The summed E-state index contributed by atoms with van der Waals surface area (Å²) < 4.78 is 11.5. The van der Waals surface area contributed by atoms with Crippen LogP contribution >= 0.6 is 11.8 Å². The largest absolute Gasteiger partial charge is 0.465 e. The molecule has 2 unspecified atom stereocenters. The van der Waals surface area contributed by atoms with Crippen molar-refractivity contribution in [3.8, 4) is 0 Å². The number of thioether (sulfide) groups is 1. The third-order valence-electron chi connectivity index (χ3n) is 5.22. The molecule has 2 atom stereocenters. The molecule has 27 heavy (non-hydrogen) atoms. The van der Waals surface area contributed by atoms with Crippen LogP contribution < -0.4 is 5.32 Å². The van der Waals surface area contributed by atoms with Crippen LogP contribution in [0.25, 0.3) is 0 Å². The molecule has 0 bridgehead atoms. The molecule has 0 aromatic carbocycles. The number of hydrogen-bond donors (Lipinski definition) is 1. The minimum absolute atomic E-state index is 0.164. The van der Waals surface area contributed by atoms with Gasteiger partial charge >= 0.3 is 0 Å². The summed E-state index contributed by atoms with van der Waals surface area (Å²) in [4.78, 5) is 9.92. The van der Waals surface area contributed by atoms with Crippen LogP contribution in [0.2, 0.25) is 0 Å². The minimum Gasteiger partial charge on any atom is -0.465 e. The second-order valence-corrected chi connectivity index (χ2v) is 8.56. The van der Waals surface area contributed by atoms with Crippen molar-refractivity contribution in [1.29, 1.82) is 0 Å². The van der Waals surface area contributed by atoms with Crippen molar-refractivity contribution < 1.29 is 9.15 Å². The highest BCUT2D eigenvalue weighted by Gasteiger charge is 2.26. The predicted molar refractivity (Wildman–Crippen MR) is 113 cm³/mol. The zero-order valence-corrected chi connectivity index (χ0v) is 17.8.